The van der Waals surface area contributed by atoms with E-state index in [0.717, 1.165) is 25.0 Å². The molecule has 1 atom stereocenters. The Balaban J connectivity index is 1.69. The van der Waals surface area contributed by atoms with Crippen molar-refractivity contribution in [3.8, 4) is 5.75 Å². The molecular weight excluding hydrogens is 298 g/mol. The minimum absolute atomic E-state index is 0.0719. The topological polar surface area (TPSA) is 73.9 Å². The van der Waals surface area contributed by atoms with Crippen LogP contribution in [0.1, 0.15) is 18.4 Å². The van der Waals surface area contributed by atoms with E-state index in [-0.39, 0.29) is 18.6 Å². The molecular formula is C17H21NO5. The van der Waals surface area contributed by atoms with Crippen LogP contribution in [0, 0.1) is 0 Å². The number of amides is 1. The van der Waals surface area contributed by atoms with Crippen LogP contribution in [0.25, 0.3) is 6.08 Å². The molecule has 1 fully saturated rings. The molecule has 23 heavy (non-hydrogen) atoms. The van der Waals surface area contributed by atoms with Gasteiger partial charge in [0.1, 0.15) is 5.75 Å². The Morgan fingerprint density at radius 1 is 1.43 bits per heavy atom. The molecule has 124 valence electrons. The van der Waals surface area contributed by atoms with Gasteiger partial charge < -0.3 is 19.5 Å². The molecule has 0 saturated carbocycles. The number of carbonyl (C=O) groups is 2. The van der Waals surface area contributed by atoms with Gasteiger partial charge in [-0.15, -0.1) is 0 Å². The standard InChI is InChI=1S/C17H21NO5/c1-21-14-5-2-4-13(10-14)7-8-17(20)23-12-16(19)18-11-15-6-3-9-22-15/h2,4-5,7-8,10,15H,3,6,9,11-12H2,1H3,(H,18,19). The highest BCUT2D eigenvalue weighted by Crippen LogP contribution is 2.13. The number of methoxy groups -OCH3 is 1. The van der Waals surface area contributed by atoms with Crippen molar-refractivity contribution in [3.05, 3.63) is 35.9 Å². The van der Waals surface area contributed by atoms with E-state index in [1.807, 2.05) is 18.2 Å². The third-order valence-electron chi connectivity index (χ3n) is 3.40. The Kier molecular flexibility index (Phi) is 6.62. The van der Waals surface area contributed by atoms with Crippen molar-refractivity contribution < 1.29 is 23.8 Å². The minimum atomic E-state index is -0.569. The average molecular weight is 319 g/mol. The first-order chi connectivity index (χ1) is 11.2. The van der Waals surface area contributed by atoms with Crippen molar-refractivity contribution in [2.24, 2.45) is 0 Å². The van der Waals surface area contributed by atoms with Crippen LogP contribution in [0.15, 0.2) is 30.3 Å². The van der Waals surface area contributed by atoms with Gasteiger partial charge >= 0.3 is 5.97 Å². The SMILES string of the molecule is COc1cccc(C=CC(=O)OCC(=O)NCC2CCCO2)c1. The highest BCUT2D eigenvalue weighted by Gasteiger charge is 2.16. The maximum atomic E-state index is 11.6. The van der Waals surface area contributed by atoms with E-state index in [1.165, 1.54) is 6.08 Å². The Morgan fingerprint density at radius 3 is 3.04 bits per heavy atom. The van der Waals surface area contributed by atoms with Crippen LogP contribution in [0.3, 0.4) is 0 Å². The number of hydrogen-bond acceptors (Lipinski definition) is 5. The van der Waals surface area contributed by atoms with Crippen molar-refractivity contribution in [1.82, 2.24) is 5.32 Å². The van der Waals surface area contributed by atoms with Crippen LogP contribution in [0.4, 0.5) is 0 Å². The molecule has 0 spiro atoms. The van der Waals surface area contributed by atoms with E-state index < -0.39 is 5.97 Å². The van der Waals surface area contributed by atoms with Crippen molar-refractivity contribution in [2.45, 2.75) is 18.9 Å². The van der Waals surface area contributed by atoms with Gasteiger partial charge in [-0.2, -0.15) is 0 Å². The lowest BCUT2D eigenvalue weighted by atomic mass is 10.2. The zero-order valence-electron chi connectivity index (χ0n) is 13.1. The summed E-state index contributed by atoms with van der Waals surface area (Å²) in [6.07, 6.45) is 4.92. The summed E-state index contributed by atoms with van der Waals surface area (Å²) < 4.78 is 15.4. The summed E-state index contributed by atoms with van der Waals surface area (Å²) in [7, 11) is 1.58. The fourth-order valence-electron chi connectivity index (χ4n) is 2.18. The fourth-order valence-corrected chi connectivity index (χ4v) is 2.18. The number of esters is 1. The third-order valence-corrected chi connectivity index (χ3v) is 3.40. The van der Waals surface area contributed by atoms with Crippen LogP contribution < -0.4 is 10.1 Å². The molecule has 0 aromatic heterocycles. The van der Waals surface area contributed by atoms with Crippen LogP contribution in [-0.4, -0.2) is 44.8 Å². The van der Waals surface area contributed by atoms with Gasteiger partial charge in [0.2, 0.25) is 0 Å². The zero-order chi connectivity index (χ0) is 16.5. The Hall–Kier alpha value is -2.34. The Bertz CT molecular complexity index is 564. The molecule has 1 aromatic rings. The minimum Gasteiger partial charge on any atom is -0.497 e. The summed E-state index contributed by atoms with van der Waals surface area (Å²) in [5, 5.41) is 2.69. The number of hydrogen-bond donors (Lipinski definition) is 1. The van der Waals surface area contributed by atoms with Gasteiger partial charge in [-0.05, 0) is 36.6 Å². The molecule has 6 heteroatoms. The number of rotatable bonds is 7. The van der Waals surface area contributed by atoms with Crippen LogP contribution in [0.2, 0.25) is 0 Å². The van der Waals surface area contributed by atoms with Gasteiger partial charge in [-0.1, -0.05) is 12.1 Å². The average Bonchev–Trinajstić information content (AvgIpc) is 3.10. The first-order valence-electron chi connectivity index (χ1n) is 7.54. The Labute approximate surface area is 135 Å². The molecule has 1 aromatic carbocycles. The molecule has 1 saturated heterocycles. The van der Waals surface area contributed by atoms with E-state index in [0.29, 0.717) is 12.3 Å². The number of benzene rings is 1. The van der Waals surface area contributed by atoms with Crippen LogP contribution >= 0.6 is 0 Å². The molecule has 2 rings (SSSR count). The van der Waals surface area contributed by atoms with E-state index in [9.17, 15) is 9.59 Å². The molecule has 0 radical (unpaired) electrons. The largest absolute Gasteiger partial charge is 0.497 e. The van der Waals surface area contributed by atoms with E-state index in [1.54, 1.807) is 19.3 Å². The maximum Gasteiger partial charge on any atom is 0.331 e. The molecule has 1 unspecified atom stereocenters. The second-order valence-corrected chi connectivity index (χ2v) is 5.16. The Morgan fingerprint density at radius 2 is 2.30 bits per heavy atom. The summed E-state index contributed by atoms with van der Waals surface area (Å²) >= 11 is 0. The maximum absolute atomic E-state index is 11.6. The van der Waals surface area contributed by atoms with Crippen LogP contribution in [-0.2, 0) is 19.1 Å². The molecule has 6 nitrogen and oxygen atoms in total. The van der Waals surface area contributed by atoms with Gasteiger partial charge in [0.25, 0.3) is 5.91 Å². The van der Waals surface area contributed by atoms with Crippen molar-refractivity contribution in [3.63, 3.8) is 0 Å². The smallest absolute Gasteiger partial charge is 0.331 e. The fraction of sp³-hybridized carbons (Fsp3) is 0.412. The predicted molar refractivity (Wildman–Crippen MR) is 85.0 cm³/mol. The summed E-state index contributed by atoms with van der Waals surface area (Å²) in [5.41, 5.74) is 0.809. The highest BCUT2D eigenvalue weighted by atomic mass is 16.5. The summed E-state index contributed by atoms with van der Waals surface area (Å²) in [4.78, 5) is 23.2. The van der Waals surface area contributed by atoms with Crippen molar-refractivity contribution in [2.75, 3.05) is 26.9 Å². The summed E-state index contributed by atoms with van der Waals surface area (Å²) in [6, 6.07) is 7.26. The first kappa shape index (κ1) is 17.0. The van der Waals surface area contributed by atoms with E-state index in [2.05, 4.69) is 5.32 Å². The highest BCUT2D eigenvalue weighted by molar-refractivity contribution is 5.89. The van der Waals surface area contributed by atoms with Gasteiger partial charge in [-0.25, -0.2) is 4.79 Å². The third kappa shape index (κ3) is 6.12. The lowest BCUT2D eigenvalue weighted by Crippen LogP contribution is -2.34. The molecule has 0 bridgehead atoms. The molecule has 0 aliphatic carbocycles. The molecule has 1 aliphatic rings. The van der Waals surface area contributed by atoms with Crippen molar-refractivity contribution >= 4 is 18.0 Å². The quantitative estimate of drug-likeness (QED) is 0.610. The predicted octanol–water partition coefficient (Wildman–Crippen LogP) is 1.55. The second-order valence-electron chi connectivity index (χ2n) is 5.16. The second kappa shape index (κ2) is 8.95. The van der Waals surface area contributed by atoms with Gasteiger partial charge in [0.15, 0.2) is 6.61 Å². The summed E-state index contributed by atoms with van der Waals surface area (Å²) in [5.74, 6) is -0.197. The zero-order valence-corrected chi connectivity index (χ0v) is 13.1. The van der Waals surface area contributed by atoms with Gasteiger partial charge in [0.05, 0.1) is 13.2 Å². The molecule has 1 heterocycles. The molecule has 1 N–H and O–H groups in total. The normalized spacial score (nSPS) is 17.2. The number of ether oxygens (including phenoxy) is 3. The lowest BCUT2D eigenvalue weighted by molar-refractivity contribution is -0.143. The number of carbonyl (C=O) groups excluding carboxylic acids is 2. The van der Waals surface area contributed by atoms with Gasteiger partial charge in [-0.3, -0.25) is 4.79 Å². The van der Waals surface area contributed by atoms with E-state index in [4.69, 9.17) is 14.2 Å². The summed E-state index contributed by atoms with van der Waals surface area (Å²) in [6.45, 7) is 0.897. The van der Waals surface area contributed by atoms with E-state index >= 15 is 0 Å². The van der Waals surface area contributed by atoms with Crippen LogP contribution in [0.5, 0.6) is 5.75 Å². The monoisotopic (exact) mass is 319 g/mol. The molecule has 1 amide bonds. The first-order valence-corrected chi connectivity index (χ1v) is 7.54. The molecule has 1 aliphatic heterocycles. The van der Waals surface area contributed by atoms with Crippen molar-refractivity contribution in [1.29, 1.82) is 0 Å². The van der Waals surface area contributed by atoms with Gasteiger partial charge in [0, 0.05) is 19.2 Å². The number of nitrogens with one attached hydrogen (secondary N) is 1. The lowest BCUT2D eigenvalue weighted by Gasteiger charge is -2.10.